The second kappa shape index (κ2) is 6.48. The number of anilines is 1. The minimum atomic E-state index is -1.07. The van der Waals surface area contributed by atoms with Gasteiger partial charge in [0.15, 0.2) is 11.7 Å². The van der Waals surface area contributed by atoms with Crippen LogP contribution >= 0.6 is 0 Å². The van der Waals surface area contributed by atoms with Crippen molar-refractivity contribution >= 4 is 17.6 Å². The summed E-state index contributed by atoms with van der Waals surface area (Å²) in [6.45, 7) is 0. The summed E-state index contributed by atoms with van der Waals surface area (Å²) in [5, 5.41) is 11.2. The van der Waals surface area contributed by atoms with Crippen LogP contribution in [0.15, 0.2) is 47.0 Å². The highest BCUT2D eigenvalue weighted by atomic mass is 16.4. The third-order valence-corrected chi connectivity index (χ3v) is 3.47. The van der Waals surface area contributed by atoms with Gasteiger partial charge in [0.05, 0.1) is 6.20 Å². The van der Waals surface area contributed by atoms with Crippen LogP contribution in [0.3, 0.4) is 0 Å². The van der Waals surface area contributed by atoms with Crippen LogP contribution in [0.4, 0.5) is 5.69 Å². The van der Waals surface area contributed by atoms with Gasteiger partial charge in [-0.15, -0.1) is 0 Å². The summed E-state index contributed by atoms with van der Waals surface area (Å²) in [7, 11) is 0. The molecule has 0 atom stereocenters. The Morgan fingerprint density at radius 3 is 2.70 bits per heavy atom. The molecule has 6 nitrogen and oxygen atoms in total. The molecule has 0 radical (unpaired) electrons. The highest BCUT2D eigenvalue weighted by Gasteiger charge is 2.28. The second-order valence-corrected chi connectivity index (χ2v) is 5.41. The van der Waals surface area contributed by atoms with Crippen LogP contribution in [0.5, 0.6) is 0 Å². The zero-order valence-corrected chi connectivity index (χ0v) is 12.4. The molecule has 1 fully saturated rings. The molecule has 118 valence electrons. The normalized spacial score (nSPS) is 14.1. The van der Waals surface area contributed by atoms with Gasteiger partial charge in [0.25, 0.3) is 0 Å². The molecular formula is C17H16N2O4. The smallest absolute Gasteiger partial charge is 0.327 e. The van der Waals surface area contributed by atoms with E-state index in [0.717, 1.165) is 30.4 Å². The number of aliphatic carboxylic acids is 1. The van der Waals surface area contributed by atoms with Crippen molar-refractivity contribution in [3.63, 3.8) is 0 Å². The maximum absolute atomic E-state index is 11.7. The van der Waals surface area contributed by atoms with E-state index in [4.69, 9.17) is 9.52 Å². The fraction of sp³-hybridized carbons (Fsp3) is 0.235. The lowest BCUT2D eigenvalue weighted by molar-refractivity contribution is -0.131. The van der Waals surface area contributed by atoms with Gasteiger partial charge in [-0.05, 0) is 37.1 Å². The van der Waals surface area contributed by atoms with Gasteiger partial charge >= 0.3 is 5.97 Å². The molecule has 0 saturated heterocycles. The lowest BCUT2D eigenvalue weighted by Crippen LogP contribution is -2.09. The van der Waals surface area contributed by atoms with Gasteiger partial charge in [0, 0.05) is 29.7 Å². The lowest BCUT2D eigenvalue weighted by Gasteiger charge is -2.04. The van der Waals surface area contributed by atoms with Crippen LogP contribution in [0.1, 0.15) is 31.1 Å². The van der Waals surface area contributed by atoms with Gasteiger partial charge in [-0.1, -0.05) is 6.08 Å². The number of oxazole rings is 1. The minimum Gasteiger partial charge on any atom is -0.478 e. The quantitative estimate of drug-likeness (QED) is 0.799. The number of rotatable bonds is 6. The first-order chi connectivity index (χ1) is 11.1. The number of carbonyl (C=O) groups excluding carboxylic acids is 1. The summed E-state index contributed by atoms with van der Waals surface area (Å²) >= 11 is 0. The first kappa shape index (κ1) is 15.0. The van der Waals surface area contributed by atoms with Crippen LogP contribution in [0.2, 0.25) is 0 Å². The summed E-state index contributed by atoms with van der Waals surface area (Å²) in [4.78, 5) is 26.3. The Hall–Kier alpha value is -2.89. The molecule has 0 spiro atoms. The van der Waals surface area contributed by atoms with E-state index < -0.39 is 5.97 Å². The van der Waals surface area contributed by atoms with Crippen molar-refractivity contribution in [1.29, 1.82) is 0 Å². The number of carboxylic acids is 1. The van der Waals surface area contributed by atoms with Crippen LogP contribution in [0.25, 0.3) is 11.3 Å². The summed E-state index contributed by atoms with van der Waals surface area (Å²) < 4.78 is 5.73. The number of nitrogens with zero attached hydrogens (tertiary/aromatic N) is 1. The van der Waals surface area contributed by atoms with Crippen molar-refractivity contribution in [2.75, 3.05) is 5.32 Å². The number of hydrogen-bond acceptors (Lipinski definition) is 4. The van der Waals surface area contributed by atoms with E-state index in [9.17, 15) is 9.59 Å². The Labute approximate surface area is 132 Å². The number of benzene rings is 1. The van der Waals surface area contributed by atoms with Gasteiger partial charge in [-0.25, -0.2) is 9.78 Å². The van der Waals surface area contributed by atoms with Crippen molar-refractivity contribution in [3.8, 4) is 11.3 Å². The number of aromatic nitrogens is 1. The summed E-state index contributed by atoms with van der Waals surface area (Å²) in [6.07, 6.45) is 6.27. The van der Waals surface area contributed by atoms with E-state index in [1.54, 1.807) is 18.3 Å². The van der Waals surface area contributed by atoms with Crippen molar-refractivity contribution in [2.45, 2.75) is 25.2 Å². The molecule has 0 aliphatic heterocycles. The largest absolute Gasteiger partial charge is 0.478 e. The van der Waals surface area contributed by atoms with Crippen molar-refractivity contribution in [1.82, 2.24) is 4.98 Å². The predicted octanol–water partition coefficient (Wildman–Crippen LogP) is 3.19. The van der Waals surface area contributed by atoms with Gasteiger partial charge in [0.2, 0.25) is 5.91 Å². The van der Waals surface area contributed by atoms with Gasteiger partial charge in [-0.2, -0.15) is 0 Å². The molecule has 1 aliphatic rings. The second-order valence-electron chi connectivity index (χ2n) is 5.41. The van der Waals surface area contributed by atoms with E-state index in [1.807, 2.05) is 12.1 Å². The molecule has 23 heavy (non-hydrogen) atoms. The highest BCUT2D eigenvalue weighted by Crippen LogP contribution is 2.40. The first-order valence-corrected chi connectivity index (χ1v) is 7.37. The van der Waals surface area contributed by atoms with Gasteiger partial charge in [0.1, 0.15) is 0 Å². The number of hydrogen-bond donors (Lipinski definition) is 2. The van der Waals surface area contributed by atoms with Crippen molar-refractivity contribution < 1.29 is 19.1 Å². The van der Waals surface area contributed by atoms with Gasteiger partial charge in [-0.3, -0.25) is 4.79 Å². The van der Waals surface area contributed by atoms with Crippen LogP contribution in [-0.4, -0.2) is 22.0 Å². The Morgan fingerprint density at radius 2 is 2.04 bits per heavy atom. The average molecular weight is 312 g/mol. The van der Waals surface area contributed by atoms with Crippen LogP contribution in [0, 0.1) is 0 Å². The number of amides is 1. The van der Waals surface area contributed by atoms with E-state index >= 15 is 0 Å². The molecule has 1 amide bonds. The lowest BCUT2D eigenvalue weighted by atomic mass is 10.1. The SMILES string of the molecule is O=C(O)/C=C/CC(=O)Nc1ccc(-c2cnc(C3CC3)o2)cc1. The molecule has 6 heteroatoms. The fourth-order valence-corrected chi connectivity index (χ4v) is 2.14. The molecule has 0 unspecified atom stereocenters. The molecule has 2 N–H and O–H groups in total. The molecule has 0 bridgehead atoms. The van der Waals surface area contributed by atoms with Crippen molar-refractivity contribution in [2.24, 2.45) is 0 Å². The third-order valence-electron chi connectivity index (χ3n) is 3.47. The standard InChI is InChI=1S/C17H16N2O4/c20-15(2-1-3-16(21)22)19-13-8-6-11(7-9-13)14-10-18-17(23-14)12-4-5-12/h1,3,6-10,12H,2,4-5H2,(H,19,20)(H,21,22)/b3-1+. The number of nitrogens with one attached hydrogen (secondary N) is 1. The first-order valence-electron chi connectivity index (χ1n) is 7.37. The van der Waals surface area contributed by atoms with Gasteiger partial charge < -0.3 is 14.8 Å². The fourth-order valence-electron chi connectivity index (χ4n) is 2.14. The molecule has 1 heterocycles. The zero-order valence-electron chi connectivity index (χ0n) is 12.4. The van der Waals surface area contributed by atoms with E-state index in [2.05, 4.69) is 10.3 Å². The molecule has 3 rings (SSSR count). The van der Waals surface area contributed by atoms with E-state index in [0.29, 0.717) is 17.4 Å². The van der Waals surface area contributed by atoms with Crippen LogP contribution < -0.4 is 5.32 Å². The molecular weight excluding hydrogens is 296 g/mol. The molecule has 2 aromatic rings. The Balaban J connectivity index is 1.60. The summed E-state index contributed by atoms with van der Waals surface area (Å²) in [6, 6.07) is 7.24. The van der Waals surface area contributed by atoms with E-state index in [-0.39, 0.29) is 12.3 Å². The number of carboxylic acid groups (broad SMARTS) is 1. The minimum absolute atomic E-state index is 0.0148. The average Bonchev–Trinajstić information content (AvgIpc) is 3.25. The summed E-state index contributed by atoms with van der Waals surface area (Å²) in [5.41, 5.74) is 1.54. The Kier molecular flexibility index (Phi) is 4.23. The maximum atomic E-state index is 11.7. The van der Waals surface area contributed by atoms with E-state index in [1.165, 1.54) is 6.08 Å². The molecule has 1 aromatic heterocycles. The predicted molar refractivity (Wildman–Crippen MR) is 83.9 cm³/mol. The highest BCUT2D eigenvalue weighted by molar-refractivity contribution is 5.92. The molecule has 1 aromatic carbocycles. The topological polar surface area (TPSA) is 92.4 Å². The molecule has 1 saturated carbocycles. The summed E-state index contributed by atoms with van der Waals surface area (Å²) in [5.74, 6) is 0.642. The van der Waals surface area contributed by atoms with Crippen molar-refractivity contribution in [3.05, 3.63) is 48.5 Å². The Bertz CT molecular complexity index is 742. The third kappa shape index (κ3) is 4.06. The number of carbonyl (C=O) groups is 2. The van der Waals surface area contributed by atoms with Crippen LogP contribution in [-0.2, 0) is 9.59 Å². The maximum Gasteiger partial charge on any atom is 0.327 e. The monoisotopic (exact) mass is 312 g/mol. The zero-order chi connectivity index (χ0) is 16.2. The molecule has 1 aliphatic carbocycles. The Morgan fingerprint density at radius 1 is 1.30 bits per heavy atom.